The Bertz CT molecular complexity index is 98.8. The van der Waals surface area contributed by atoms with Gasteiger partial charge in [0.15, 0.2) is 0 Å². The fourth-order valence-electron chi connectivity index (χ4n) is 0.904. The summed E-state index contributed by atoms with van der Waals surface area (Å²) in [6.07, 6.45) is -0.650. The maximum atomic E-state index is 12.2. The summed E-state index contributed by atoms with van der Waals surface area (Å²) in [5.74, 6) is 0. The van der Waals surface area contributed by atoms with E-state index in [2.05, 4.69) is 4.74 Å². The lowest BCUT2D eigenvalue weighted by molar-refractivity contribution is -0.247. The monoisotopic (exact) mass is 166 g/mol. The van der Waals surface area contributed by atoms with Crippen LogP contribution in [0.4, 0.5) is 8.78 Å². The number of unbranched alkanes of at least 4 members (excludes halogenated alkanes) is 1. The minimum atomic E-state index is -2.98. The van der Waals surface area contributed by atoms with Crippen LogP contribution < -0.4 is 0 Å². The van der Waals surface area contributed by atoms with E-state index < -0.39 is 6.11 Å². The lowest BCUT2D eigenvalue weighted by Gasteiger charge is -2.17. The molecule has 0 saturated heterocycles. The van der Waals surface area contributed by atoms with Gasteiger partial charge in [0.2, 0.25) is 0 Å². The minimum Gasteiger partial charge on any atom is -0.318 e. The molecule has 0 spiro atoms. The fraction of sp³-hybridized carbons (Fsp3) is 1.00. The molecule has 0 unspecified atom stereocenters. The van der Waals surface area contributed by atoms with Crippen LogP contribution in [0.3, 0.4) is 0 Å². The molecule has 0 saturated carbocycles. The number of alkyl halides is 2. The normalized spacial score (nSPS) is 15.0. The van der Waals surface area contributed by atoms with Crippen molar-refractivity contribution in [1.82, 2.24) is 0 Å². The fourth-order valence-corrected chi connectivity index (χ4v) is 0.904. The van der Waals surface area contributed by atoms with Crippen molar-refractivity contribution in [3.8, 4) is 0 Å². The number of ether oxygens (including phenoxy) is 1. The Labute approximate surface area is 66.7 Å². The SMILES string of the molecule is CCCC[C@@H](C)OC(C)(F)F. The van der Waals surface area contributed by atoms with Crippen molar-refractivity contribution >= 4 is 0 Å². The van der Waals surface area contributed by atoms with Gasteiger partial charge in [0, 0.05) is 6.92 Å². The molecule has 0 bridgehead atoms. The third kappa shape index (κ3) is 7.72. The van der Waals surface area contributed by atoms with Crippen molar-refractivity contribution in [2.24, 2.45) is 0 Å². The molecule has 0 aromatic heterocycles. The summed E-state index contributed by atoms with van der Waals surface area (Å²) in [5.41, 5.74) is 0. The Morgan fingerprint density at radius 2 is 2.00 bits per heavy atom. The zero-order valence-electron chi connectivity index (χ0n) is 7.36. The van der Waals surface area contributed by atoms with Gasteiger partial charge in [0.1, 0.15) is 0 Å². The second-order valence-corrected chi connectivity index (χ2v) is 2.88. The largest absolute Gasteiger partial charge is 0.353 e. The molecular weight excluding hydrogens is 150 g/mol. The summed E-state index contributed by atoms with van der Waals surface area (Å²) in [4.78, 5) is 0. The Morgan fingerprint density at radius 1 is 1.45 bits per heavy atom. The van der Waals surface area contributed by atoms with Crippen LogP contribution in [-0.4, -0.2) is 12.2 Å². The minimum absolute atomic E-state index is 0.338. The van der Waals surface area contributed by atoms with E-state index in [1.165, 1.54) is 0 Å². The van der Waals surface area contributed by atoms with E-state index in [1.807, 2.05) is 6.92 Å². The van der Waals surface area contributed by atoms with Crippen LogP contribution in [0.2, 0.25) is 0 Å². The third-order valence-electron chi connectivity index (χ3n) is 1.37. The molecule has 0 aromatic rings. The zero-order chi connectivity index (χ0) is 8.91. The number of hydrogen-bond acceptors (Lipinski definition) is 1. The van der Waals surface area contributed by atoms with Crippen LogP contribution in [0.25, 0.3) is 0 Å². The molecule has 0 aliphatic heterocycles. The van der Waals surface area contributed by atoms with Crippen molar-refractivity contribution in [1.29, 1.82) is 0 Å². The first-order valence-electron chi connectivity index (χ1n) is 4.01. The highest BCUT2D eigenvalue weighted by Gasteiger charge is 2.24. The van der Waals surface area contributed by atoms with E-state index in [-0.39, 0.29) is 6.10 Å². The van der Waals surface area contributed by atoms with Crippen LogP contribution in [-0.2, 0) is 4.74 Å². The second kappa shape index (κ2) is 4.65. The van der Waals surface area contributed by atoms with Crippen molar-refractivity contribution in [2.45, 2.75) is 52.2 Å². The Morgan fingerprint density at radius 3 is 2.36 bits per heavy atom. The summed E-state index contributed by atoms with van der Waals surface area (Å²) < 4.78 is 28.8. The summed E-state index contributed by atoms with van der Waals surface area (Å²) in [7, 11) is 0. The molecule has 0 amide bonds. The van der Waals surface area contributed by atoms with Crippen molar-refractivity contribution in [3.63, 3.8) is 0 Å². The van der Waals surface area contributed by atoms with Gasteiger partial charge in [-0.15, -0.1) is 0 Å². The van der Waals surface area contributed by atoms with Gasteiger partial charge in [0.05, 0.1) is 6.10 Å². The molecule has 11 heavy (non-hydrogen) atoms. The lowest BCUT2D eigenvalue weighted by Crippen LogP contribution is -2.22. The van der Waals surface area contributed by atoms with Crippen molar-refractivity contribution in [3.05, 3.63) is 0 Å². The van der Waals surface area contributed by atoms with Gasteiger partial charge in [-0.2, -0.15) is 8.78 Å². The highest BCUT2D eigenvalue weighted by Crippen LogP contribution is 2.18. The van der Waals surface area contributed by atoms with E-state index >= 15 is 0 Å². The average Bonchev–Trinajstić information content (AvgIpc) is 1.79. The average molecular weight is 166 g/mol. The molecule has 68 valence electrons. The number of halogens is 2. The molecule has 1 nitrogen and oxygen atoms in total. The van der Waals surface area contributed by atoms with Gasteiger partial charge in [-0.3, -0.25) is 0 Å². The van der Waals surface area contributed by atoms with E-state index in [9.17, 15) is 8.78 Å². The molecule has 3 heteroatoms. The van der Waals surface area contributed by atoms with E-state index in [0.717, 1.165) is 19.8 Å². The van der Waals surface area contributed by atoms with Crippen LogP contribution in [0.15, 0.2) is 0 Å². The number of rotatable bonds is 5. The molecular formula is C8H16F2O. The topological polar surface area (TPSA) is 9.23 Å². The maximum absolute atomic E-state index is 12.2. The standard InChI is InChI=1S/C8H16F2O/c1-4-5-6-7(2)11-8(3,9)10/h7H,4-6H2,1-3H3/t7-/m1/s1. The highest BCUT2D eigenvalue weighted by atomic mass is 19.3. The molecule has 0 heterocycles. The zero-order valence-corrected chi connectivity index (χ0v) is 7.36. The van der Waals surface area contributed by atoms with Gasteiger partial charge in [0.25, 0.3) is 0 Å². The predicted molar refractivity (Wildman–Crippen MR) is 40.7 cm³/mol. The van der Waals surface area contributed by atoms with E-state index in [1.54, 1.807) is 6.92 Å². The molecule has 0 rings (SSSR count). The quantitative estimate of drug-likeness (QED) is 0.609. The Balaban J connectivity index is 3.44. The molecule has 0 fully saturated rings. The first-order valence-corrected chi connectivity index (χ1v) is 4.01. The first-order chi connectivity index (χ1) is 4.95. The summed E-state index contributed by atoms with van der Waals surface area (Å²) >= 11 is 0. The molecule has 0 N–H and O–H groups in total. The highest BCUT2D eigenvalue weighted by molar-refractivity contribution is 4.52. The van der Waals surface area contributed by atoms with E-state index in [0.29, 0.717) is 6.42 Å². The Kier molecular flexibility index (Phi) is 4.57. The van der Waals surface area contributed by atoms with Crippen LogP contribution in [0.5, 0.6) is 0 Å². The molecule has 0 aromatic carbocycles. The van der Waals surface area contributed by atoms with Gasteiger partial charge in [-0.1, -0.05) is 19.8 Å². The maximum Gasteiger partial charge on any atom is 0.353 e. The Hall–Kier alpha value is -0.180. The van der Waals surface area contributed by atoms with Crippen molar-refractivity contribution in [2.75, 3.05) is 0 Å². The first kappa shape index (κ1) is 10.8. The van der Waals surface area contributed by atoms with Crippen molar-refractivity contribution < 1.29 is 13.5 Å². The summed E-state index contributed by atoms with van der Waals surface area (Å²) in [5, 5.41) is 0. The molecule has 0 radical (unpaired) electrons. The second-order valence-electron chi connectivity index (χ2n) is 2.88. The van der Waals surface area contributed by atoms with Gasteiger partial charge in [-0.05, 0) is 13.3 Å². The van der Waals surface area contributed by atoms with Gasteiger partial charge in [-0.25, -0.2) is 0 Å². The molecule has 0 aliphatic rings. The molecule has 1 atom stereocenters. The van der Waals surface area contributed by atoms with Crippen LogP contribution in [0, 0.1) is 0 Å². The summed E-state index contributed by atoms with van der Waals surface area (Å²) in [6, 6.07) is 0. The smallest absolute Gasteiger partial charge is 0.318 e. The number of hydrogen-bond donors (Lipinski definition) is 0. The summed E-state index contributed by atoms with van der Waals surface area (Å²) in [6.45, 7) is 4.47. The molecule has 0 aliphatic carbocycles. The lowest BCUT2D eigenvalue weighted by atomic mass is 10.2. The predicted octanol–water partition coefficient (Wildman–Crippen LogP) is 3.19. The van der Waals surface area contributed by atoms with Gasteiger partial charge >= 0.3 is 6.11 Å². The third-order valence-corrected chi connectivity index (χ3v) is 1.37. The van der Waals surface area contributed by atoms with Crippen LogP contribution in [0.1, 0.15) is 40.0 Å². The van der Waals surface area contributed by atoms with E-state index in [4.69, 9.17) is 0 Å². The van der Waals surface area contributed by atoms with Gasteiger partial charge < -0.3 is 4.74 Å². The van der Waals surface area contributed by atoms with Crippen LogP contribution >= 0.6 is 0 Å².